The summed E-state index contributed by atoms with van der Waals surface area (Å²) in [6.45, 7) is 3.85. The van der Waals surface area contributed by atoms with E-state index in [0.717, 1.165) is 15.6 Å². The summed E-state index contributed by atoms with van der Waals surface area (Å²) in [5.74, 6) is -0.890. The normalized spacial score (nSPS) is 10.5. The zero-order valence-corrected chi connectivity index (χ0v) is 7.60. The zero-order valence-electron chi connectivity index (χ0n) is 6.78. The van der Waals surface area contributed by atoms with Gasteiger partial charge in [0.05, 0.1) is 5.56 Å². The number of thiophene rings is 1. The molecule has 1 aromatic heterocycles. The number of hydrogen-bond donors (Lipinski definition) is 1. The van der Waals surface area contributed by atoms with Crippen molar-refractivity contribution in [2.24, 2.45) is 0 Å². The van der Waals surface area contributed by atoms with Crippen LogP contribution in [0.3, 0.4) is 0 Å². The number of fused-ring (bicyclic) bond motifs is 1. The van der Waals surface area contributed by atoms with Gasteiger partial charge in [-0.3, -0.25) is 0 Å². The molecule has 0 fully saturated rings. The van der Waals surface area contributed by atoms with Crippen LogP contribution in [0.4, 0.5) is 0 Å². The van der Waals surface area contributed by atoms with E-state index in [1.54, 1.807) is 18.2 Å². The van der Waals surface area contributed by atoms with Gasteiger partial charge in [0.1, 0.15) is 0 Å². The number of carboxylic acid groups (broad SMARTS) is 1. The maximum absolute atomic E-state index is 10.6. The Morgan fingerprint density at radius 1 is 1.46 bits per heavy atom. The molecular weight excluding hydrogens is 184 g/mol. The molecule has 2 nitrogen and oxygen atoms in total. The summed E-state index contributed by atoms with van der Waals surface area (Å²) < 4.78 is 0. The van der Waals surface area contributed by atoms with Crippen LogP contribution in [0.2, 0.25) is 0 Å². The molecule has 1 N–H and O–H groups in total. The smallest absolute Gasteiger partial charge is 0.335 e. The van der Waals surface area contributed by atoms with Gasteiger partial charge in [0, 0.05) is 4.88 Å². The third kappa shape index (κ3) is 1.31. The van der Waals surface area contributed by atoms with Gasteiger partial charge in [-0.15, -0.1) is 11.3 Å². The Balaban J connectivity index is 2.70. The molecule has 0 spiro atoms. The molecule has 13 heavy (non-hydrogen) atoms. The van der Waals surface area contributed by atoms with E-state index >= 15 is 0 Å². The van der Waals surface area contributed by atoms with Crippen molar-refractivity contribution in [2.45, 2.75) is 0 Å². The molecule has 0 unspecified atom stereocenters. The minimum atomic E-state index is -0.890. The van der Waals surface area contributed by atoms with Crippen molar-refractivity contribution in [3.63, 3.8) is 0 Å². The average Bonchev–Trinajstić information content (AvgIpc) is 2.47. The average molecular weight is 191 g/mol. The van der Waals surface area contributed by atoms with Gasteiger partial charge in [-0.25, -0.2) is 4.79 Å². The minimum absolute atomic E-state index is 0.324. The number of rotatable bonds is 1. The summed E-state index contributed by atoms with van der Waals surface area (Å²) in [5.41, 5.74) is 0.324. The predicted octanol–water partition coefficient (Wildman–Crippen LogP) is 2.78. The summed E-state index contributed by atoms with van der Waals surface area (Å²) in [4.78, 5) is 11.6. The van der Waals surface area contributed by atoms with Crippen LogP contribution in [0.25, 0.3) is 10.8 Å². The van der Waals surface area contributed by atoms with Crippen molar-refractivity contribution in [1.82, 2.24) is 0 Å². The first kappa shape index (κ1) is 8.26. The standard InChI is InChI=1S/C10H7O2S/c1-6-9-3-2-7(10(11)12)4-8(9)5-13-6/h2-5H,1H2,(H,11,12). The lowest BCUT2D eigenvalue weighted by Crippen LogP contribution is -1.94. The van der Waals surface area contributed by atoms with Crippen LogP contribution < -0.4 is 0 Å². The van der Waals surface area contributed by atoms with E-state index in [2.05, 4.69) is 6.92 Å². The fraction of sp³-hybridized carbons (Fsp3) is 0. The highest BCUT2D eigenvalue weighted by molar-refractivity contribution is 7.11. The summed E-state index contributed by atoms with van der Waals surface area (Å²) in [6.07, 6.45) is 0. The van der Waals surface area contributed by atoms with Crippen molar-refractivity contribution in [3.05, 3.63) is 40.9 Å². The molecule has 0 aliphatic heterocycles. The second kappa shape index (κ2) is 2.85. The van der Waals surface area contributed by atoms with Crippen molar-refractivity contribution in [2.75, 3.05) is 0 Å². The Labute approximate surface area is 79.4 Å². The predicted molar refractivity (Wildman–Crippen MR) is 53.2 cm³/mol. The molecule has 0 amide bonds. The Bertz CT molecular complexity index is 471. The minimum Gasteiger partial charge on any atom is -0.478 e. The van der Waals surface area contributed by atoms with E-state index < -0.39 is 5.97 Å². The van der Waals surface area contributed by atoms with Crippen molar-refractivity contribution in [3.8, 4) is 0 Å². The molecule has 0 saturated carbocycles. The molecule has 65 valence electrons. The van der Waals surface area contributed by atoms with Crippen molar-refractivity contribution in [1.29, 1.82) is 0 Å². The number of hydrogen-bond acceptors (Lipinski definition) is 2. The van der Waals surface area contributed by atoms with Crippen molar-refractivity contribution >= 4 is 28.1 Å². The van der Waals surface area contributed by atoms with Gasteiger partial charge in [-0.1, -0.05) is 6.07 Å². The van der Waals surface area contributed by atoms with E-state index in [1.165, 1.54) is 11.3 Å². The summed E-state index contributed by atoms with van der Waals surface area (Å²) in [7, 11) is 0. The van der Waals surface area contributed by atoms with Gasteiger partial charge in [-0.05, 0) is 35.2 Å². The maximum Gasteiger partial charge on any atom is 0.335 e. The Morgan fingerprint density at radius 3 is 2.92 bits per heavy atom. The van der Waals surface area contributed by atoms with Gasteiger partial charge < -0.3 is 5.11 Å². The van der Waals surface area contributed by atoms with Gasteiger partial charge in [0.15, 0.2) is 0 Å². The summed E-state index contributed by atoms with van der Waals surface area (Å²) in [5, 5.41) is 12.7. The third-order valence-corrected chi connectivity index (χ3v) is 2.80. The largest absolute Gasteiger partial charge is 0.478 e. The highest BCUT2D eigenvalue weighted by Crippen LogP contribution is 2.25. The zero-order chi connectivity index (χ0) is 9.42. The monoisotopic (exact) mass is 191 g/mol. The second-order valence-corrected chi connectivity index (χ2v) is 3.73. The van der Waals surface area contributed by atoms with Crippen LogP contribution in [-0.4, -0.2) is 11.1 Å². The van der Waals surface area contributed by atoms with E-state index in [-0.39, 0.29) is 0 Å². The van der Waals surface area contributed by atoms with Crippen LogP contribution in [0.5, 0.6) is 0 Å². The molecule has 3 heteroatoms. The third-order valence-electron chi connectivity index (χ3n) is 1.93. The molecule has 2 rings (SSSR count). The Morgan fingerprint density at radius 2 is 2.23 bits per heavy atom. The lowest BCUT2D eigenvalue weighted by atomic mass is 10.1. The summed E-state index contributed by atoms with van der Waals surface area (Å²) in [6, 6.07) is 5.08. The molecule has 1 radical (unpaired) electrons. The summed E-state index contributed by atoms with van der Waals surface area (Å²) >= 11 is 1.53. The number of carboxylic acids is 1. The van der Waals surface area contributed by atoms with Gasteiger partial charge in [0.2, 0.25) is 0 Å². The fourth-order valence-corrected chi connectivity index (χ4v) is 2.02. The van der Waals surface area contributed by atoms with Gasteiger partial charge in [-0.2, -0.15) is 0 Å². The molecular formula is C10H7O2S. The molecule has 2 aromatic rings. The van der Waals surface area contributed by atoms with Crippen LogP contribution in [0, 0.1) is 6.92 Å². The molecule has 0 aliphatic rings. The topological polar surface area (TPSA) is 37.3 Å². The number of benzene rings is 1. The quantitative estimate of drug-likeness (QED) is 0.752. The van der Waals surface area contributed by atoms with E-state index in [9.17, 15) is 4.79 Å². The second-order valence-electron chi connectivity index (χ2n) is 2.77. The highest BCUT2D eigenvalue weighted by Gasteiger charge is 2.05. The molecule has 1 aromatic carbocycles. The lowest BCUT2D eigenvalue weighted by Gasteiger charge is -1.94. The molecule has 0 bridgehead atoms. The van der Waals surface area contributed by atoms with Crippen LogP contribution in [0.15, 0.2) is 23.6 Å². The lowest BCUT2D eigenvalue weighted by molar-refractivity contribution is 0.0697. The van der Waals surface area contributed by atoms with Gasteiger partial charge in [0.25, 0.3) is 0 Å². The maximum atomic E-state index is 10.6. The Kier molecular flexibility index (Phi) is 1.81. The molecule has 0 saturated heterocycles. The first-order valence-corrected chi connectivity index (χ1v) is 4.63. The number of carbonyl (C=O) groups is 1. The van der Waals surface area contributed by atoms with Crippen LogP contribution in [-0.2, 0) is 0 Å². The molecule has 0 atom stereocenters. The SMILES string of the molecule is [CH2]c1scc2cc(C(=O)O)ccc12. The van der Waals surface area contributed by atoms with E-state index in [4.69, 9.17) is 5.11 Å². The Hall–Kier alpha value is -1.35. The number of aromatic carboxylic acids is 1. The highest BCUT2D eigenvalue weighted by atomic mass is 32.1. The molecule has 0 aliphatic carbocycles. The van der Waals surface area contributed by atoms with Crippen molar-refractivity contribution < 1.29 is 9.90 Å². The van der Waals surface area contributed by atoms with Crippen LogP contribution in [0.1, 0.15) is 15.2 Å². The first-order chi connectivity index (χ1) is 6.18. The van der Waals surface area contributed by atoms with E-state index in [0.29, 0.717) is 5.56 Å². The molecule has 1 heterocycles. The van der Waals surface area contributed by atoms with E-state index in [1.807, 2.05) is 5.38 Å². The first-order valence-electron chi connectivity index (χ1n) is 3.75. The fourth-order valence-electron chi connectivity index (χ4n) is 1.25. The van der Waals surface area contributed by atoms with Crippen LogP contribution >= 0.6 is 11.3 Å². The van der Waals surface area contributed by atoms with Gasteiger partial charge >= 0.3 is 5.97 Å².